The first kappa shape index (κ1) is 16.3. The molecule has 0 bridgehead atoms. The topological polar surface area (TPSA) is 71.3 Å². The van der Waals surface area contributed by atoms with Crippen LogP contribution in [0.5, 0.6) is 0 Å². The Balaban J connectivity index is 0.00000196. The highest BCUT2D eigenvalue weighted by molar-refractivity contribution is 7.14. The fourth-order valence-corrected chi connectivity index (χ4v) is 4.24. The Morgan fingerprint density at radius 2 is 2.12 bits per heavy atom. The van der Waals surface area contributed by atoms with Gasteiger partial charge in [-0.05, 0) is 48.2 Å². The van der Waals surface area contributed by atoms with Crippen LogP contribution in [0.1, 0.15) is 32.5 Å². The van der Waals surface area contributed by atoms with Crippen LogP contribution in [0.25, 0.3) is 10.7 Å². The molecule has 3 aromatic rings. The van der Waals surface area contributed by atoms with Crippen LogP contribution < -0.4 is 5.32 Å². The van der Waals surface area contributed by atoms with Crippen molar-refractivity contribution in [2.75, 3.05) is 18.4 Å². The third kappa shape index (κ3) is 3.74. The Hall–Kier alpha value is -2.19. The molecule has 25 heavy (non-hydrogen) atoms. The van der Waals surface area contributed by atoms with Crippen molar-refractivity contribution >= 4 is 33.7 Å². The molecule has 4 rings (SSSR count). The standard InChI is InChI=1S/C17H18N4O2S2.H2/c22-17(18-14-6-3-11-25-14)21-8-1-4-12(7-9-21)16-19-15(20-23-16)13-5-2-10-24-13;/h2-3,5-6,10-12H,1,4,7-9H2,(H,18,22);1H. The van der Waals surface area contributed by atoms with E-state index >= 15 is 0 Å². The van der Waals surface area contributed by atoms with E-state index in [4.69, 9.17) is 4.52 Å². The van der Waals surface area contributed by atoms with Crippen LogP contribution in [0.4, 0.5) is 9.80 Å². The number of amides is 2. The summed E-state index contributed by atoms with van der Waals surface area (Å²) in [6.45, 7) is 1.44. The van der Waals surface area contributed by atoms with Crippen LogP contribution in [-0.2, 0) is 0 Å². The second kappa shape index (κ2) is 7.37. The number of aromatic nitrogens is 2. The molecule has 1 aliphatic heterocycles. The zero-order chi connectivity index (χ0) is 17.1. The maximum absolute atomic E-state index is 12.4. The van der Waals surface area contributed by atoms with Gasteiger partial charge in [0.05, 0.1) is 9.88 Å². The predicted molar refractivity (Wildman–Crippen MR) is 101 cm³/mol. The molecule has 8 heteroatoms. The Kier molecular flexibility index (Phi) is 4.80. The fraction of sp³-hybridized carbons (Fsp3) is 0.353. The van der Waals surface area contributed by atoms with Gasteiger partial charge in [-0.2, -0.15) is 4.98 Å². The van der Waals surface area contributed by atoms with E-state index in [1.165, 1.54) is 11.3 Å². The van der Waals surface area contributed by atoms with Crippen molar-refractivity contribution in [3.63, 3.8) is 0 Å². The molecule has 0 saturated carbocycles. The number of rotatable bonds is 3. The molecule has 1 atom stereocenters. The quantitative estimate of drug-likeness (QED) is 0.705. The maximum atomic E-state index is 12.4. The average Bonchev–Trinajstić information content (AvgIpc) is 3.35. The van der Waals surface area contributed by atoms with Gasteiger partial charge in [0, 0.05) is 20.4 Å². The van der Waals surface area contributed by atoms with Gasteiger partial charge in [-0.1, -0.05) is 11.2 Å². The molecule has 0 radical (unpaired) electrons. The van der Waals surface area contributed by atoms with Crippen molar-refractivity contribution < 1.29 is 10.7 Å². The van der Waals surface area contributed by atoms with E-state index in [0.717, 1.165) is 35.7 Å². The summed E-state index contributed by atoms with van der Waals surface area (Å²) in [7, 11) is 0. The molecule has 1 saturated heterocycles. The van der Waals surface area contributed by atoms with Gasteiger partial charge < -0.3 is 9.42 Å². The molecular formula is C17H20N4O2S2. The normalized spacial score (nSPS) is 18.1. The number of urea groups is 1. The van der Waals surface area contributed by atoms with Crippen molar-refractivity contribution in [2.24, 2.45) is 0 Å². The summed E-state index contributed by atoms with van der Waals surface area (Å²) >= 11 is 3.13. The molecular weight excluding hydrogens is 356 g/mol. The van der Waals surface area contributed by atoms with Crippen LogP contribution in [0.2, 0.25) is 0 Å². The van der Waals surface area contributed by atoms with Gasteiger partial charge in [-0.15, -0.1) is 22.7 Å². The smallest absolute Gasteiger partial charge is 0.322 e. The summed E-state index contributed by atoms with van der Waals surface area (Å²) in [5, 5.41) is 11.9. The SMILES string of the molecule is O=C(Nc1cccs1)N1CCCC(c2nc(-c3cccs3)no2)CC1.[HH]. The summed E-state index contributed by atoms with van der Waals surface area (Å²) in [5.74, 6) is 1.55. The van der Waals surface area contributed by atoms with Crippen molar-refractivity contribution in [3.8, 4) is 10.7 Å². The third-order valence-corrected chi connectivity index (χ3v) is 5.95. The Labute approximate surface area is 155 Å². The van der Waals surface area contributed by atoms with E-state index in [0.29, 0.717) is 18.3 Å². The fourth-order valence-electron chi connectivity index (χ4n) is 2.99. The van der Waals surface area contributed by atoms with Gasteiger partial charge in [-0.3, -0.25) is 5.32 Å². The van der Waals surface area contributed by atoms with E-state index in [9.17, 15) is 4.79 Å². The molecule has 2 amide bonds. The highest BCUT2D eigenvalue weighted by Crippen LogP contribution is 2.30. The number of thiophene rings is 2. The highest BCUT2D eigenvalue weighted by Gasteiger charge is 2.25. The van der Waals surface area contributed by atoms with Gasteiger partial charge in [-0.25, -0.2) is 4.79 Å². The van der Waals surface area contributed by atoms with Crippen molar-refractivity contribution in [2.45, 2.75) is 25.2 Å². The van der Waals surface area contributed by atoms with Crippen LogP contribution in [0.3, 0.4) is 0 Å². The summed E-state index contributed by atoms with van der Waals surface area (Å²) in [6.07, 6.45) is 2.72. The zero-order valence-corrected chi connectivity index (χ0v) is 15.2. The number of likely N-dealkylation sites (tertiary alicyclic amines) is 1. The van der Waals surface area contributed by atoms with Gasteiger partial charge >= 0.3 is 6.03 Å². The van der Waals surface area contributed by atoms with Crippen molar-refractivity contribution in [3.05, 3.63) is 40.9 Å². The minimum atomic E-state index is -0.0343. The Morgan fingerprint density at radius 3 is 2.92 bits per heavy atom. The number of anilines is 1. The lowest BCUT2D eigenvalue weighted by molar-refractivity contribution is 0.213. The van der Waals surface area contributed by atoms with E-state index < -0.39 is 0 Å². The van der Waals surface area contributed by atoms with Gasteiger partial charge in [0.15, 0.2) is 0 Å². The van der Waals surface area contributed by atoms with Crippen LogP contribution in [0, 0.1) is 0 Å². The first-order valence-corrected chi connectivity index (χ1v) is 10.0. The molecule has 3 aromatic heterocycles. The second-order valence-corrected chi connectivity index (χ2v) is 7.85. The van der Waals surface area contributed by atoms with Crippen LogP contribution in [0.15, 0.2) is 39.5 Å². The average molecular weight is 377 g/mol. The summed E-state index contributed by atoms with van der Waals surface area (Å²) in [5.41, 5.74) is 0. The molecule has 6 nitrogen and oxygen atoms in total. The molecule has 0 aliphatic carbocycles. The highest BCUT2D eigenvalue weighted by atomic mass is 32.1. The van der Waals surface area contributed by atoms with Gasteiger partial charge in [0.2, 0.25) is 11.7 Å². The number of hydrogen-bond acceptors (Lipinski definition) is 6. The molecule has 0 spiro atoms. The largest absolute Gasteiger partial charge is 0.339 e. The first-order valence-electron chi connectivity index (χ1n) is 8.26. The Morgan fingerprint density at radius 1 is 1.24 bits per heavy atom. The lowest BCUT2D eigenvalue weighted by atomic mass is 10.0. The molecule has 1 fully saturated rings. The van der Waals surface area contributed by atoms with E-state index in [1.54, 1.807) is 11.3 Å². The zero-order valence-electron chi connectivity index (χ0n) is 13.6. The lowest BCUT2D eigenvalue weighted by Gasteiger charge is -2.20. The van der Waals surface area contributed by atoms with E-state index in [1.807, 2.05) is 39.9 Å². The van der Waals surface area contributed by atoms with E-state index in [-0.39, 0.29) is 13.4 Å². The summed E-state index contributed by atoms with van der Waals surface area (Å²) in [6, 6.07) is 7.77. The van der Waals surface area contributed by atoms with Crippen LogP contribution >= 0.6 is 22.7 Å². The monoisotopic (exact) mass is 376 g/mol. The minimum Gasteiger partial charge on any atom is -0.339 e. The summed E-state index contributed by atoms with van der Waals surface area (Å²) in [4.78, 5) is 19.8. The summed E-state index contributed by atoms with van der Waals surface area (Å²) < 4.78 is 5.49. The number of nitrogens with zero attached hydrogens (tertiary/aromatic N) is 3. The maximum Gasteiger partial charge on any atom is 0.322 e. The first-order chi connectivity index (χ1) is 12.3. The molecule has 4 heterocycles. The second-order valence-electron chi connectivity index (χ2n) is 5.96. The molecule has 1 unspecified atom stereocenters. The molecule has 132 valence electrons. The van der Waals surface area contributed by atoms with E-state index in [2.05, 4.69) is 15.5 Å². The number of hydrogen-bond donors (Lipinski definition) is 1. The number of carbonyl (C=O) groups excluding carboxylic acids is 1. The van der Waals surface area contributed by atoms with Crippen molar-refractivity contribution in [1.29, 1.82) is 0 Å². The number of carbonyl (C=O) groups is 1. The molecule has 1 N–H and O–H groups in total. The molecule has 1 aliphatic rings. The Bertz CT molecular complexity index is 820. The third-order valence-electron chi connectivity index (χ3n) is 4.30. The van der Waals surface area contributed by atoms with Crippen LogP contribution in [-0.4, -0.2) is 34.2 Å². The lowest BCUT2D eigenvalue weighted by Crippen LogP contribution is -2.35. The molecule has 0 aromatic carbocycles. The number of nitrogens with one attached hydrogen (secondary N) is 1. The predicted octanol–water partition coefficient (Wildman–Crippen LogP) is 4.91. The minimum absolute atomic E-state index is 0. The van der Waals surface area contributed by atoms with Crippen molar-refractivity contribution in [1.82, 2.24) is 15.0 Å². The van der Waals surface area contributed by atoms with Gasteiger partial charge in [0.1, 0.15) is 0 Å². The van der Waals surface area contributed by atoms with Gasteiger partial charge in [0.25, 0.3) is 0 Å².